The first-order valence-corrected chi connectivity index (χ1v) is 24.9. The molecule has 11 atom stereocenters. The maximum absolute atomic E-state index is 15.1. The lowest BCUT2D eigenvalue weighted by molar-refractivity contribution is -0.362. The van der Waals surface area contributed by atoms with E-state index < -0.39 is 153 Å². The van der Waals surface area contributed by atoms with Crippen molar-refractivity contribution in [2.24, 2.45) is 0 Å². The van der Waals surface area contributed by atoms with Crippen LogP contribution in [0, 0.1) is 0 Å². The van der Waals surface area contributed by atoms with Gasteiger partial charge in [0, 0.05) is 34.6 Å². The van der Waals surface area contributed by atoms with Crippen LogP contribution in [0.25, 0.3) is 0 Å². The largest absolute Gasteiger partial charge is 0.497 e. The molecule has 25 heteroatoms. The van der Waals surface area contributed by atoms with Gasteiger partial charge in [0.2, 0.25) is 6.29 Å². The summed E-state index contributed by atoms with van der Waals surface area (Å²) in [7, 11) is 2.31. The maximum Gasteiger partial charge on any atom is 0.366 e. The fourth-order valence-electron chi connectivity index (χ4n) is 8.54. The molecule has 0 radical (unpaired) electrons. The molecule has 1 N–H and O–H groups in total. The molecule has 4 aromatic carbocycles. The normalized spacial score (nSPS) is 22.8. The van der Waals surface area contributed by atoms with Crippen molar-refractivity contribution in [2.45, 2.75) is 108 Å². The SMILES string of the molecule is COC(=O)[C@@]1(O[C@@H]2C(OC(=O)c3ccccc3)[C@H](Oc3ccc(OC)cc3)O[C@@H](COC(=O)c3ccccc3)[C@@H]2OC(=O)c2ccccc2)CC(OC(C)=O)[C@@H](NC(=O)COC(C)=O)[C@H]([C@H](OC(C)=O)[C@@H](COC(C)=O)OC(C)=O)O1. The molecule has 81 heavy (non-hydrogen) atoms. The highest BCUT2D eigenvalue weighted by Crippen LogP contribution is 2.42. The van der Waals surface area contributed by atoms with Crippen molar-refractivity contribution >= 4 is 59.6 Å². The van der Waals surface area contributed by atoms with Gasteiger partial charge in [-0.15, -0.1) is 0 Å². The zero-order valence-corrected chi connectivity index (χ0v) is 44.9. The van der Waals surface area contributed by atoms with E-state index in [0.29, 0.717) is 5.75 Å². The van der Waals surface area contributed by atoms with Crippen LogP contribution in [-0.4, -0.2) is 161 Å². The van der Waals surface area contributed by atoms with E-state index in [-0.39, 0.29) is 22.4 Å². The third-order valence-corrected chi connectivity index (χ3v) is 12.0. The predicted octanol–water partition coefficient (Wildman–Crippen LogP) is 3.56. The van der Waals surface area contributed by atoms with Crippen LogP contribution in [-0.2, 0) is 90.4 Å². The molecule has 2 aliphatic rings. The van der Waals surface area contributed by atoms with Gasteiger partial charge in [-0.1, -0.05) is 54.6 Å². The van der Waals surface area contributed by atoms with Gasteiger partial charge >= 0.3 is 53.7 Å². The van der Waals surface area contributed by atoms with Crippen LogP contribution < -0.4 is 14.8 Å². The Morgan fingerprint density at radius 2 is 1.11 bits per heavy atom. The smallest absolute Gasteiger partial charge is 0.366 e. The topological polar surface area (TPSA) is 312 Å². The number of benzene rings is 4. The van der Waals surface area contributed by atoms with Crippen molar-refractivity contribution in [1.29, 1.82) is 0 Å². The number of carbonyl (C=O) groups is 10. The third-order valence-electron chi connectivity index (χ3n) is 12.0. The molecule has 2 unspecified atom stereocenters. The van der Waals surface area contributed by atoms with Gasteiger partial charge in [-0.05, 0) is 60.7 Å². The van der Waals surface area contributed by atoms with Crippen LogP contribution in [0.3, 0.4) is 0 Å². The van der Waals surface area contributed by atoms with Crippen LogP contribution in [0.4, 0.5) is 0 Å². The molecule has 25 nitrogen and oxygen atoms in total. The Labute approximate surface area is 463 Å². The quantitative estimate of drug-likeness (QED) is 0.0820. The van der Waals surface area contributed by atoms with Gasteiger partial charge in [0.15, 0.2) is 31.0 Å². The van der Waals surface area contributed by atoms with Gasteiger partial charge in [-0.2, -0.15) is 0 Å². The molecule has 4 aromatic rings. The van der Waals surface area contributed by atoms with Crippen LogP contribution in [0.5, 0.6) is 11.5 Å². The van der Waals surface area contributed by atoms with Crippen LogP contribution in [0.2, 0.25) is 0 Å². The molecule has 1 amide bonds. The molecule has 2 fully saturated rings. The van der Waals surface area contributed by atoms with E-state index >= 15 is 4.79 Å². The molecule has 0 spiro atoms. The highest BCUT2D eigenvalue weighted by Gasteiger charge is 2.64. The van der Waals surface area contributed by atoms with Crippen molar-refractivity contribution in [1.82, 2.24) is 5.32 Å². The minimum atomic E-state index is -3.13. The van der Waals surface area contributed by atoms with Crippen LogP contribution in [0.15, 0.2) is 115 Å². The van der Waals surface area contributed by atoms with Crippen molar-refractivity contribution in [3.8, 4) is 11.5 Å². The summed E-state index contributed by atoms with van der Waals surface area (Å²) < 4.78 is 82.8. The van der Waals surface area contributed by atoms with Gasteiger partial charge < -0.3 is 71.6 Å². The Hall–Kier alpha value is -8.94. The summed E-state index contributed by atoms with van der Waals surface area (Å²) in [5, 5.41) is 2.50. The summed E-state index contributed by atoms with van der Waals surface area (Å²) in [6.45, 7) is 2.20. The maximum atomic E-state index is 15.1. The van der Waals surface area contributed by atoms with Crippen LogP contribution >= 0.6 is 0 Å². The second kappa shape index (κ2) is 28.8. The zero-order chi connectivity index (χ0) is 58.8. The van der Waals surface area contributed by atoms with E-state index in [9.17, 15) is 43.2 Å². The van der Waals surface area contributed by atoms with E-state index in [4.69, 9.17) is 66.3 Å². The number of carbonyl (C=O) groups excluding carboxylic acids is 10. The Balaban J connectivity index is 1.63. The molecule has 2 aliphatic heterocycles. The van der Waals surface area contributed by atoms with Crippen molar-refractivity contribution in [3.05, 3.63) is 132 Å². The number of hydrogen-bond donors (Lipinski definition) is 1. The van der Waals surface area contributed by atoms with Crippen LogP contribution in [0.1, 0.15) is 72.1 Å². The lowest BCUT2D eigenvalue weighted by Gasteiger charge is -2.51. The Bertz CT molecular complexity index is 2850. The number of methoxy groups -OCH3 is 2. The first kappa shape index (κ1) is 61.3. The second-order valence-corrected chi connectivity index (χ2v) is 17.9. The van der Waals surface area contributed by atoms with Crippen molar-refractivity contribution in [3.63, 3.8) is 0 Å². The molecule has 0 aliphatic carbocycles. The highest BCUT2D eigenvalue weighted by atomic mass is 16.8. The summed E-state index contributed by atoms with van der Waals surface area (Å²) in [5.74, 6) is -13.4. The predicted molar refractivity (Wildman–Crippen MR) is 271 cm³/mol. The van der Waals surface area contributed by atoms with Gasteiger partial charge in [0.25, 0.3) is 11.7 Å². The van der Waals surface area contributed by atoms with Gasteiger partial charge in [0.1, 0.15) is 49.1 Å². The number of amides is 1. The molecule has 432 valence electrons. The number of nitrogens with one attached hydrogen (secondary N) is 1. The summed E-state index contributed by atoms with van der Waals surface area (Å²) in [4.78, 5) is 135. The van der Waals surface area contributed by atoms with E-state index in [1.165, 1.54) is 92.0 Å². The second-order valence-electron chi connectivity index (χ2n) is 17.9. The highest BCUT2D eigenvalue weighted by molar-refractivity contribution is 5.91. The number of hydrogen-bond acceptors (Lipinski definition) is 24. The molecule has 2 heterocycles. The minimum Gasteiger partial charge on any atom is -0.497 e. The molecule has 2 saturated heterocycles. The summed E-state index contributed by atoms with van der Waals surface area (Å²) in [6.07, 6.45) is -18.9. The molecular formula is C56H59NO24. The number of rotatable bonds is 23. The van der Waals surface area contributed by atoms with Crippen molar-refractivity contribution in [2.75, 3.05) is 34.0 Å². The van der Waals surface area contributed by atoms with E-state index in [1.807, 2.05) is 0 Å². The Morgan fingerprint density at radius 1 is 0.580 bits per heavy atom. The first-order valence-electron chi connectivity index (χ1n) is 24.9. The van der Waals surface area contributed by atoms with E-state index in [1.54, 1.807) is 30.3 Å². The molecule has 0 bridgehead atoms. The molecule has 0 saturated carbocycles. The van der Waals surface area contributed by atoms with Crippen molar-refractivity contribution < 1.29 is 114 Å². The fourth-order valence-corrected chi connectivity index (χ4v) is 8.54. The molecule has 6 rings (SSSR count). The Kier molecular flexibility index (Phi) is 21.8. The van der Waals surface area contributed by atoms with Gasteiger partial charge in [-0.25, -0.2) is 19.2 Å². The fraction of sp³-hybridized carbons (Fsp3) is 0.393. The summed E-state index contributed by atoms with van der Waals surface area (Å²) in [6, 6.07) is 26.7. The number of esters is 9. The van der Waals surface area contributed by atoms with Gasteiger partial charge in [0.05, 0.1) is 43.4 Å². The molecular weight excluding hydrogens is 1070 g/mol. The van der Waals surface area contributed by atoms with E-state index in [0.717, 1.165) is 41.7 Å². The minimum absolute atomic E-state index is 0.0347. The number of ether oxygens (including phenoxy) is 14. The average Bonchev–Trinajstić information content (AvgIpc) is 3.44. The summed E-state index contributed by atoms with van der Waals surface area (Å²) >= 11 is 0. The standard InChI is InChI=1S/C56H59NO24/c1-31(58)70-28-42(74-34(4)61)46(75-35(5)62)48-45(57-44(63)30-71-32(2)59)41(73-33(3)60)27-56(80-48,55(67)69-7)81-49-47(78-52(65)37-19-13-9-14-20-37)43(29-72-51(64)36-17-11-8-12-18-36)77-54(76-40-25-23-39(68-6)24-26-40)50(49)79-53(66)38-21-15-10-16-22-38/h8-26,41-43,45-50,54H,27-30H2,1-7H3,(H,57,63)/t41?,42-,43+,45-,46-,47+,48-,49+,50?,54-,56+/m1/s1. The van der Waals surface area contributed by atoms with Gasteiger partial charge in [-0.3, -0.25) is 28.8 Å². The first-order chi connectivity index (χ1) is 38.7. The molecule has 0 aromatic heterocycles. The Morgan fingerprint density at radius 3 is 1.62 bits per heavy atom. The average molecular weight is 1130 g/mol. The lowest BCUT2D eigenvalue weighted by atomic mass is 9.87. The third kappa shape index (κ3) is 17.0. The van der Waals surface area contributed by atoms with E-state index in [2.05, 4.69) is 5.32 Å². The zero-order valence-electron chi connectivity index (χ0n) is 44.9. The summed E-state index contributed by atoms with van der Waals surface area (Å²) in [5.41, 5.74) is -0.0261. The monoisotopic (exact) mass is 1130 g/mol. The lowest BCUT2D eigenvalue weighted by Crippen LogP contribution is -2.72.